The van der Waals surface area contributed by atoms with E-state index in [9.17, 15) is 9.50 Å². The molecule has 0 spiro atoms. The van der Waals surface area contributed by atoms with Gasteiger partial charge in [0.1, 0.15) is 11.6 Å². The van der Waals surface area contributed by atoms with Gasteiger partial charge in [0.25, 0.3) is 0 Å². The lowest BCUT2D eigenvalue weighted by Crippen LogP contribution is -1.99. The fourth-order valence-corrected chi connectivity index (χ4v) is 1.59. The lowest BCUT2D eigenvalue weighted by molar-refractivity contribution is 0.190. The van der Waals surface area contributed by atoms with Crippen LogP contribution < -0.4 is 4.74 Å². The minimum absolute atomic E-state index is 0.149. The van der Waals surface area contributed by atoms with E-state index < -0.39 is 11.9 Å². The van der Waals surface area contributed by atoms with Crippen LogP contribution in [0.5, 0.6) is 11.5 Å². The number of aliphatic hydroxyl groups is 1. The molecule has 0 saturated heterocycles. The second kappa shape index (κ2) is 4.55. The largest absolute Gasteiger partial charge is 0.454 e. The number of hydrogen-bond donors (Lipinski definition) is 1. The van der Waals surface area contributed by atoms with Crippen molar-refractivity contribution in [3.63, 3.8) is 0 Å². The van der Waals surface area contributed by atoms with Gasteiger partial charge in [0.05, 0.1) is 24.1 Å². The highest BCUT2D eigenvalue weighted by molar-refractivity contribution is 5.39. The fraction of sp³-hybridized carbons (Fsp3) is 0.250. The molecule has 0 amide bonds. The summed E-state index contributed by atoms with van der Waals surface area (Å²) in [5, 5.41) is 13.5. The van der Waals surface area contributed by atoms with Crippen molar-refractivity contribution in [3.05, 3.63) is 42.0 Å². The van der Waals surface area contributed by atoms with Crippen LogP contribution in [0.4, 0.5) is 4.39 Å². The molecule has 0 aliphatic heterocycles. The van der Waals surface area contributed by atoms with Crippen LogP contribution in [0.1, 0.15) is 18.6 Å². The smallest absolute Gasteiger partial charge is 0.165 e. The summed E-state index contributed by atoms with van der Waals surface area (Å²) in [6, 6.07) is 4.43. The topological polar surface area (TPSA) is 47.3 Å². The normalized spacial score (nSPS) is 12.5. The summed E-state index contributed by atoms with van der Waals surface area (Å²) in [7, 11) is 1.76. The monoisotopic (exact) mass is 236 g/mol. The third-order valence-electron chi connectivity index (χ3n) is 2.34. The van der Waals surface area contributed by atoms with Gasteiger partial charge in [-0.1, -0.05) is 6.07 Å². The van der Waals surface area contributed by atoms with Crippen molar-refractivity contribution in [3.8, 4) is 11.5 Å². The van der Waals surface area contributed by atoms with Gasteiger partial charge in [-0.05, 0) is 19.1 Å². The van der Waals surface area contributed by atoms with Crippen molar-refractivity contribution < 1.29 is 14.2 Å². The number of aromatic nitrogens is 2. The molecule has 1 atom stereocenters. The summed E-state index contributed by atoms with van der Waals surface area (Å²) in [5.74, 6) is 0.314. The number of benzene rings is 1. The molecule has 0 unspecified atom stereocenters. The van der Waals surface area contributed by atoms with Gasteiger partial charge in [-0.25, -0.2) is 4.39 Å². The van der Waals surface area contributed by atoms with E-state index in [4.69, 9.17) is 4.74 Å². The maximum atomic E-state index is 13.5. The summed E-state index contributed by atoms with van der Waals surface area (Å²) in [5.41, 5.74) is 0.149. The molecule has 1 aromatic carbocycles. The fourth-order valence-electron chi connectivity index (χ4n) is 1.59. The summed E-state index contributed by atoms with van der Waals surface area (Å²) in [6.07, 6.45) is 2.26. The number of rotatable bonds is 3. The lowest BCUT2D eigenvalue weighted by atomic mass is 10.1. The lowest BCUT2D eigenvalue weighted by Gasteiger charge is -2.12. The molecular weight excluding hydrogens is 223 g/mol. The molecule has 0 aliphatic rings. The average molecular weight is 236 g/mol. The highest BCUT2D eigenvalue weighted by atomic mass is 19.1. The van der Waals surface area contributed by atoms with E-state index >= 15 is 0 Å². The Hall–Kier alpha value is -1.88. The quantitative estimate of drug-likeness (QED) is 0.890. The Balaban J connectivity index is 2.35. The Morgan fingerprint density at radius 1 is 1.47 bits per heavy atom. The molecule has 2 rings (SSSR count). The van der Waals surface area contributed by atoms with E-state index in [1.54, 1.807) is 24.0 Å². The number of hydrogen-bond acceptors (Lipinski definition) is 3. The minimum atomic E-state index is -0.928. The van der Waals surface area contributed by atoms with Gasteiger partial charge >= 0.3 is 0 Å². The second-order valence-electron chi connectivity index (χ2n) is 3.78. The van der Waals surface area contributed by atoms with Crippen molar-refractivity contribution in [2.24, 2.45) is 7.05 Å². The molecule has 0 radical (unpaired) electrons. The van der Waals surface area contributed by atoms with Gasteiger partial charge in [-0.2, -0.15) is 5.10 Å². The maximum absolute atomic E-state index is 13.5. The Morgan fingerprint density at radius 2 is 2.24 bits per heavy atom. The van der Waals surface area contributed by atoms with Crippen LogP contribution in [-0.4, -0.2) is 14.9 Å². The first-order valence-corrected chi connectivity index (χ1v) is 5.21. The van der Waals surface area contributed by atoms with Crippen molar-refractivity contribution >= 4 is 0 Å². The van der Waals surface area contributed by atoms with Crippen LogP contribution >= 0.6 is 0 Å². The van der Waals surface area contributed by atoms with Crippen LogP contribution in [0.2, 0.25) is 0 Å². The third kappa shape index (κ3) is 2.45. The van der Waals surface area contributed by atoms with Crippen molar-refractivity contribution in [1.82, 2.24) is 9.78 Å². The molecular formula is C12H13FN2O2. The summed E-state index contributed by atoms with van der Waals surface area (Å²) >= 11 is 0. The minimum Gasteiger partial charge on any atom is -0.454 e. The highest BCUT2D eigenvalue weighted by Gasteiger charge is 2.15. The SMILES string of the molecule is C[C@@H](O)c1c(F)cccc1Oc1cnn(C)c1. The Kier molecular flexibility index (Phi) is 3.10. The summed E-state index contributed by atoms with van der Waals surface area (Å²) < 4.78 is 20.6. The van der Waals surface area contributed by atoms with E-state index in [1.165, 1.54) is 25.3 Å². The zero-order valence-electron chi connectivity index (χ0n) is 9.59. The molecule has 0 saturated carbocycles. The van der Waals surface area contributed by atoms with Crippen molar-refractivity contribution in [2.45, 2.75) is 13.0 Å². The molecule has 4 nitrogen and oxygen atoms in total. The average Bonchev–Trinajstić information content (AvgIpc) is 2.63. The first-order chi connectivity index (χ1) is 8.08. The number of nitrogens with zero attached hydrogens (tertiary/aromatic N) is 2. The van der Waals surface area contributed by atoms with Gasteiger partial charge in [-0.3, -0.25) is 4.68 Å². The van der Waals surface area contributed by atoms with Crippen LogP contribution in [0, 0.1) is 5.82 Å². The van der Waals surface area contributed by atoms with E-state index in [1.807, 2.05) is 0 Å². The van der Waals surface area contributed by atoms with Gasteiger partial charge in [0.2, 0.25) is 0 Å². The highest BCUT2D eigenvalue weighted by Crippen LogP contribution is 2.31. The number of ether oxygens (including phenoxy) is 1. The molecule has 2 aromatic rings. The number of aliphatic hydroxyl groups excluding tert-OH is 1. The molecule has 17 heavy (non-hydrogen) atoms. The molecule has 1 aromatic heterocycles. The van der Waals surface area contributed by atoms with Crippen molar-refractivity contribution in [1.29, 1.82) is 0 Å². The van der Waals surface area contributed by atoms with Gasteiger partial charge < -0.3 is 9.84 Å². The predicted octanol–water partition coefficient (Wildman–Crippen LogP) is 2.40. The summed E-state index contributed by atoms with van der Waals surface area (Å²) in [6.45, 7) is 1.49. The zero-order valence-corrected chi connectivity index (χ0v) is 9.59. The Labute approximate surface area is 98.3 Å². The number of halogens is 1. The Morgan fingerprint density at radius 3 is 2.82 bits per heavy atom. The van der Waals surface area contributed by atoms with Crippen molar-refractivity contribution in [2.75, 3.05) is 0 Å². The third-order valence-corrected chi connectivity index (χ3v) is 2.34. The van der Waals surface area contributed by atoms with Gasteiger partial charge in [-0.15, -0.1) is 0 Å². The molecule has 1 heterocycles. The second-order valence-corrected chi connectivity index (χ2v) is 3.78. The van der Waals surface area contributed by atoms with Crippen LogP contribution in [0.15, 0.2) is 30.6 Å². The Bertz CT molecular complexity index is 523. The first kappa shape index (κ1) is 11.6. The molecule has 5 heteroatoms. The maximum Gasteiger partial charge on any atom is 0.165 e. The molecule has 0 aliphatic carbocycles. The van der Waals surface area contributed by atoms with E-state index in [0.717, 1.165) is 0 Å². The van der Waals surface area contributed by atoms with Crippen LogP contribution in [0.3, 0.4) is 0 Å². The van der Waals surface area contributed by atoms with Gasteiger partial charge in [0.15, 0.2) is 5.75 Å². The van der Waals surface area contributed by atoms with Crippen LogP contribution in [-0.2, 0) is 7.05 Å². The molecule has 90 valence electrons. The zero-order chi connectivity index (χ0) is 12.4. The van der Waals surface area contributed by atoms with Crippen LogP contribution in [0.25, 0.3) is 0 Å². The first-order valence-electron chi connectivity index (χ1n) is 5.21. The standard InChI is InChI=1S/C12H13FN2O2/c1-8(16)12-10(13)4-3-5-11(12)17-9-6-14-15(2)7-9/h3-8,16H,1-2H3/t8-/m1/s1. The van der Waals surface area contributed by atoms with E-state index in [0.29, 0.717) is 11.5 Å². The van der Waals surface area contributed by atoms with E-state index in [2.05, 4.69) is 5.10 Å². The molecule has 0 bridgehead atoms. The van der Waals surface area contributed by atoms with E-state index in [-0.39, 0.29) is 5.56 Å². The predicted molar refractivity (Wildman–Crippen MR) is 60.3 cm³/mol. The molecule has 1 N–H and O–H groups in total. The molecule has 0 fully saturated rings. The summed E-state index contributed by atoms with van der Waals surface area (Å²) in [4.78, 5) is 0. The number of aryl methyl sites for hydroxylation is 1. The van der Waals surface area contributed by atoms with Gasteiger partial charge in [0, 0.05) is 7.05 Å².